The number of aliphatic hydroxyl groups excluding tert-OH is 1. The topological polar surface area (TPSA) is 129 Å². The number of amides is 2. The van der Waals surface area contributed by atoms with Gasteiger partial charge in [-0.3, -0.25) is 14.4 Å². The predicted molar refractivity (Wildman–Crippen MR) is 189 cm³/mol. The number of nitrogens with two attached hydrogens (primary N) is 1. The van der Waals surface area contributed by atoms with E-state index < -0.39 is 24.2 Å². The molecule has 0 radical (unpaired) electrons. The second-order valence-corrected chi connectivity index (χ2v) is 15.6. The summed E-state index contributed by atoms with van der Waals surface area (Å²) in [6, 6.07) is 11.0. The standard InChI is InChI=1S/C38H57N5O5/c1-21(2)19-40-36(45)26-13-25(14-28(15-26)42(7)8)29-12-10-11-24(35(29)47-9)20-43-34(33(23(4)44)32(18-39)48-43)37(46)41-31-17-27-16-30(22(31)3)38(27,5)6/h10-15,21-23,27,30-34,44H,16-20,39H2,1-9H3,(H,40,45)(H,41,46)/t22-,23-,27-,30-,31-,32-,33-,34-/m0/s1. The quantitative estimate of drug-likeness (QED) is 0.263. The number of nitrogens with one attached hydrogen (secondary N) is 2. The van der Waals surface area contributed by atoms with Gasteiger partial charge in [-0.25, -0.2) is 0 Å². The van der Waals surface area contributed by atoms with Gasteiger partial charge in [0.2, 0.25) is 5.91 Å². The molecule has 48 heavy (non-hydrogen) atoms. The summed E-state index contributed by atoms with van der Waals surface area (Å²) >= 11 is 0. The third-order valence-electron chi connectivity index (χ3n) is 11.4. The fraction of sp³-hybridized carbons (Fsp3) is 0.632. The van der Waals surface area contributed by atoms with E-state index in [1.807, 2.05) is 55.4 Å². The van der Waals surface area contributed by atoms with Crippen LogP contribution in [0.1, 0.15) is 70.3 Å². The molecule has 4 aliphatic rings. The molecule has 6 rings (SSSR count). The monoisotopic (exact) mass is 663 g/mol. The molecule has 0 spiro atoms. The summed E-state index contributed by atoms with van der Waals surface area (Å²) < 4.78 is 6.04. The Morgan fingerprint density at radius 3 is 2.48 bits per heavy atom. The number of para-hydroxylation sites is 1. The summed E-state index contributed by atoms with van der Waals surface area (Å²) in [5, 5.41) is 19.0. The first-order valence-corrected chi connectivity index (χ1v) is 17.6. The number of ether oxygens (including phenoxy) is 1. The molecular weight excluding hydrogens is 606 g/mol. The molecule has 1 aliphatic heterocycles. The zero-order valence-electron chi connectivity index (χ0n) is 30.2. The van der Waals surface area contributed by atoms with E-state index in [2.05, 4.69) is 45.3 Å². The number of carbonyl (C=O) groups is 2. The van der Waals surface area contributed by atoms with Gasteiger partial charge < -0.3 is 31.1 Å². The molecule has 264 valence electrons. The number of carbonyl (C=O) groups excluding carboxylic acids is 2. The van der Waals surface area contributed by atoms with Crippen molar-refractivity contribution >= 4 is 17.5 Å². The maximum Gasteiger partial charge on any atom is 0.251 e. The molecule has 8 atom stereocenters. The van der Waals surface area contributed by atoms with Crippen molar-refractivity contribution in [1.82, 2.24) is 15.7 Å². The first-order valence-electron chi connectivity index (χ1n) is 17.6. The van der Waals surface area contributed by atoms with Gasteiger partial charge in [0.25, 0.3) is 5.91 Å². The second-order valence-electron chi connectivity index (χ2n) is 15.6. The molecule has 2 aromatic rings. The van der Waals surface area contributed by atoms with Crippen LogP contribution >= 0.6 is 0 Å². The predicted octanol–water partition coefficient (Wildman–Crippen LogP) is 4.44. The van der Waals surface area contributed by atoms with Crippen LogP contribution in [-0.2, 0) is 16.2 Å². The lowest BCUT2D eigenvalue weighted by molar-refractivity contribution is -0.175. The number of fused-ring (bicyclic) bond motifs is 2. The van der Waals surface area contributed by atoms with Gasteiger partial charge in [-0.05, 0) is 72.6 Å². The highest BCUT2D eigenvalue weighted by atomic mass is 16.7. The number of aliphatic hydroxyl groups is 1. The largest absolute Gasteiger partial charge is 0.496 e. The highest BCUT2D eigenvalue weighted by Gasteiger charge is 2.57. The molecule has 10 nitrogen and oxygen atoms in total. The summed E-state index contributed by atoms with van der Waals surface area (Å²) in [6.45, 7) is 13.8. The van der Waals surface area contributed by atoms with Crippen molar-refractivity contribution in [3.8, 4) is 16.9 Å². The van der Waals surface area contributed by atoms with Crippen molar-refractivity contribution in [2.75, 3.05) is 39.2 Å². The number of hydroxylamine groups is 2. The lowest BCUT2D eigenvalue weighted by Gasteiger charge is -2.62. The van der Waals surface area contributed by atoms with Gasteiger partial charge in [0, 0.05) is 61.5 Å². The van der Waals surface area contributed by atoms with Crippen molar-refractivity contribution in [1.29, 1.82) is 0 Å². The Balaban J connectivity index is 1.45. The van der Waals surface area contributed by atoms with Gasteiger partial charge in [-0.1, -0.05) is 52.8 Å². The van der Waals surface area contributed by atoms with E-state index >= 15 is 0 Å². The van der Waals surface area contributed by atoms with E-state index in [0.29, 0.717) is 46.9 Å². The number of benzene rings is 2. The van der Waals surface area contributed by atoms with Crippen LogP contribution in [0.3, 0.4) is 0 Å². The number of nitrogens with zero attached hydrogens (tertiary/aromatic N) is 2. The lowest BCUT2D eigenvalue weighted by atomic mass is 9.45. The average molecular weight is 664 g/mol. The van der Waals surface area contributed by atoms with Gasteiger partial charge in [0.05, 0.1) is 25.9 Å². The fourth-order valence-corrected chi connectivity index (χ4v) is 8.43. The average Bonchev–Trinajstić information content (AvgIpc) is 3.42. The van der Waals surface area contributed by atoms with Crippen LogP contribution in [0.15, 0.2) is 36.4 Å². The van der Waals surface area contributed by atoms with E-state index in [-0.39, 0.29) is 30.9 Å². The van der Waals surface area contributed by atoms with Crippen molar-refractivity contribution in [3.05, 3.63) is 47.5 Å². The SMILES string of the molecule is COc1c(CN2O[C@@H](CN)[C@H]([C@H](C)O)[C@H]2C(=O)N[C@H]2C[C@@H]3C[C@@H]([C@@H]2C)C3(C)C)cccc1-c1cc(C(=O)NCC(C)C)cc(N(C)C)c1. The summed E-state index contributed by atoms with van der Waals surface area (Å²) in [5.74, 6) is 1.73. The Labute approximate surface area is 286 Å². The van der Waals surface area contributed by atoms with Gasteiger partial charge in [-0.15, -0.1) is 0 Å². The number of anilines is 1. The molecular formula is C38H57N5O5. The Kier molecular flexibility index (Phi) is 10.8. The molecule has 3 aliphatic carbocycles. The van der Waals surface area contributed by atoms with Gasteiger partial charge >= 0.3 is 0 Å². The minimum atomic E-state index is -0.808. The third kappa shape index (κ3) is 6.95. The van der Waals surface area contributed by atoms with E-state index in [9.17, 15) is 14.7 Å². The smallest absolute Gasteiger partial charge is 0.251 e. The van der Waals surface area contributed by atoms with Crippen LogP contribution in [0.2, 0.25) is 0 Å². The Morgan fingerprint density at radius 2 is 1.90 bits per heavy atom. The Bertz CT molecular complexity index is 1480. The highest BCUT2D eigenvalue weighted by Crippen LogP contribution is 2.61. The second kappa shape index (κ2) is 14.4. The van der Waals surface area contributed by atoms with Gasteiger partial charge in [0.15, 0.2) is 0 Å². The fourth-order valence-electron chi connectivity index (χ4n) is 8.43. The summed E-state index contributed by atoms with van der Waals surface area (Å²) in [4.78, 5) is 35.7. The van der Waals surface area contributed by atoms with Gasteiger partial charge in [-0.2, -0.15) is 5.06 Å². The summed E-state index contributed by atoms with van der Waals surface area (Å²) in [6.07, 6.45) is 0.859. The summed E-state index contributed by atoms with van der Waals surface area (Å²) in [5.41, 5.74) is 10.4. The molecule has 1 saturated heterocycles. The van der Waals surface area contributed by atoms with Crippen LogP contribution in [-0.4, -0.2) is 80.6 Å². The molecule has 2 bridgehead atoms. The first-order chi connectivity index (χ1) is 22.7. The molecule has 4 fully saturated rings. The van der Waals surface area contributed by atoms with Crippen LogP contribution in [0.5, 0.6) is 5.75 Å². The lowest BCUT2D eigenvalue weighted by Crippen LogP contribution is -2.62. The molecule has 2 amide bonds. The van der Waals surface area contributed by atoms with E-state index in [1.165, 1.54) is 6.42 Å². The molecule has 0 aromatic heterocycles. The maximum absolute atomic E-state index is 14.2. The van der Waals surface area contributed by atoms with Crippen molar-refractivity contribution in [3.63, 3.8) is 0 Å². The van der Waals surface area contributed by atoms with Gasteiger partial charge in [0.1, 0.15) is 11.8 Å². The van der Waals surface area contributed by atoms with Crippen molar-refractivity contribution in [2.45, 2.75) is 85.2 Å². The molecule has 10 heteroatoms. The Morgan fingerprint density at radius 1 is 1.17 bits per heavy atom. The van der Waals surface area contributed by atoms with E-state index in [4.69, 9.17) is 15.3 Å². The van der Waals surface area contributed by atoms with Crippen LogP contribution in [0, 0.1) is 35.0 Å². The highest BCUT2D eigenvalue weighted by molar-refractivity contribution is 5.97. The maximum atomic E-state index is 14.2. The molecule has 0 unspecified atom stereocenters. The zero-order chi connectivity index (χ0) is 35.1. The van der Waals surface area contributed by atoms with E-state index in [0.717, 1.165) is 28.8 Å². The summed E-state index contributed by atoms with van der Waals surface area (Å²) in [7, 11) is 5.52. The van der Waals surface area contributed by atoms with Crippen LogP contribution < -0.4 is 26.0 Å². The van der Waals surface area contributed by atoms with Crippen LogP contribution in [0.4, 0.5) is 5.69 Å². The number of hydrogen-bond donors (Lipinski definition) is 4. The first kappa shape index (κ1) is 36.1. The number of rotatable bonds is 12. The minimum absolute atomic E-state index is 0.0801. The number of hydrogen-bond acceptors (Lipinski definition) is 8. The number of methoxy groups -OCH3 is 1. The van der Waals surface area contributed by atoms with E-state index in [1.54, 1.807) is 19.1 Å². The van der Waals surface area contributed by atoms with Crippen LogP contribution in [0.25, 0.3) is 11.1 Å². The zero-order valence-corrected chi connectivity index (χ0v) is 30.2. The molecule has 5 N–H and O–H groups in total. The third-order valence-corrected chi connectivity index (χ3v) is 11.4. The normalized spacial score (nSPS) is 28.5. The molecule has 3 saturated carbocycles. The molecule has 2 aromatic carbocycles. The Hall–Kier alpha value is -3.18. The van der Waals surface area contributed by atoms with Crippen molar-refractivity contribution in [2.24, 2.45) is 40.7 Å². The minimum Gasteiger partial charge on any atom is -0.496 e. The van der Waals surface area contributed by atoms with Crippen molar-refractivity contribution < 1.29 is 24.3 Å². The molecule has 1 heterocycles.